The van der Waals surface area contributed by atoms with Crippen molar-refractivity contribution in [2.75, 3.05) is 13.1 Å². The summed E-state index contributed by atoms with van der Waals surface area (Å²) in [6.45, 7) is 7.87. The Bertz CT molecular complexity index is 1070. The molecule has 1 unspecified atom stereocenters. The molecular formula is C32H41N3O2. The van der Waals surface area contributed by atoms with E-state index in [2.05, 4.69) is 71.9 Å². The van der Waals surface area contributed by atoms with E-state index in [-0.39, 0.29) is 23.8 Å². The van der Waals surface area contributed by atoms with Crippen molar-refractivity contribution in [3.63, 3.8) is 0 Å². The molecule has 2 aromatic carbocycles. The second-order valence-electron chi connectivity index (χ2n) is 9.64. The average Bonchev–Trinajstić information content (AvgIpc) is 2.93. The molecular weight excluding hydrogens is 458 g/mol. The molecule has 0 bridgehead atoms. The highest BCUT2D eigenvalue weighted by molar-refractivity contribution is 5.82. The van der Waals surface area contributed by atoms with Gasteiger partial charge in [0.15, 0.2) is 0 Å². The monoisotopic (exact) mass is 499 g/mol. The van der Waals surface area contributed by atoms with Gasteiger partial charge in [0, 0.05) is 32.0 Å². The van der Waals surface area contributed by atoms with Gasteiger partial charge in [-0.1, -0.05) is 97.5 Å². The largest absolute Gasteiger partial charge is 0.356 e. The molecule has 3 rings (SSSR count). The molecule has 1 aliphatic heterocycles. The summed E-state index contributed by atoms with van der Waals surface area (Å²) >= 11 is 0. The molecule has 5 nitrogen and oxygen atoms in total. The zero-order chi connectivity index (χ0) is 26.3. The second kappa shape index (κ2) is 15.6. The first-order chi connectivity index (χ1) is 18.1. The van der Waals surface area contributed by atoms with E-state index in [1.54, 1.807) is 6.08 Å². The first-order valence-corrected chi connectivity index (χ1v) is 13.4. The molecule has 1 heterocycles. The lowest BCUT2D eigenvalue weighted by Gasteiger charge is -2.25. The van der Waals surface area contributed by atoms with Crippen LogP contribution in [-0.4, -0.2) is 30.9 Å². The van der Waals surface area contributed by atoms with Crippen molar-refractivity contribution in [3.8, 4) is 0 Å². The quantitative estimate of drug-likeness (QED) is 0.242. The highest BCUT2D eigenvalue weighted by atomic mass is 16.2. The summed E-state index contributed by atoms with van der Waals surface area (Å²) < 4.78 is 0. The van der Waals surface area contributed by atoms with Crippen LogP contribution in [0.4, 0.5) is 0 Å². The number of benzene rings is 2. The number of hydrogen-bond acceptors (Lipinski definition) is 3. The minimum atomic E-state index is -0.170. The van der Waals surface area contributed by atoms with Crippen LogP contribution in [0.1, 0.15) is 61.6 Å². The number of amides is 2. The van der Waals surface area contributed by atoms with Gasteiger partial charge in [0.2, 0.25) is 11.8 Å². The van der Waals surface area contributed by atoms with E-state index in [9.17, 15) is 9.59 Å². The van der Waals surface area contributed by atoms with Crippen LogP contribution >= 0.6 is 0 Å². The lowest BCUT2D eigenvalue weighted by Crippen LogP contribution is -2.47. The van der Waals surface area contributed by atoms with Gasteiger partial charge in [-0.25, -0.2) is 0 Å². The Balaban J connectivity index is 1.30. The van der Waals surface area contributed by atoms with Gasteiger partial charge >= 0.3 is 0 Å². The maximum absolute atomic E-state index is 12.5. The van der Waals surface area contributed by atoms with Crippen molar-refractivity contribution in [3.05, 3.63) is 108 Å². The predicted molar refractivity (Wildman–Crippen MR) is 152 cm³/mol. The van der Waals surface area contributed by atoms with Gasteiger partial charge in [-0.15, -0.1) is 0 Å². The minimum Gasteiger partial charge on any atom is -0.356 e. The van der Waals surface area contributed by atoms with Gasteiger partial charge < -0.3 is 16.0 Å². The van der Waals surface area contributed by atoms with Crippen molar-refractivity contribution in [1.82, 2.24) is 16.0 Å². The summed E-state index contributed by atoms with van der Waals surface area (Å²) in [6.07, 6.45) is 12.5. The summed E-state index contributed by atoms with van der Waals surface area (Å²) in [5.41, 5.74) is 5.03. The fraction of sp³-hybridized carbons (Fsp3) is 0.375. The van der Waals surface area contributed by atoms with Crippen molar-refractivity contribution >= 4 is 11.8 Å². The molecule has 2 amide bonds. The van der Waals surface area contributed by atoms with E-state index in [0.717, 1.165) is 38.6 Å². The van der Waals surface area contributed by atoms with Crippen LogP contribution in [0.5, 0.6) is 0 Å². The van der Waals surface area contributed by atoms with E-state index in [0.29, 0.717) is 19.5 Å². The average molecular weight is 500 g/mol. The fourth-order valence-electron chi connectivity index (χ4n) is 4.75. The first-order valence-electron chi connectivity index (χ1n) is 13.4. The second-order valence-corrected chi connectivity index (χ2v) is 9.64. The molecule has 37 heavy (non-hydrogen) atoms. The Hall–Kier alpha value is -3.44. The van der Waals surface area contributed by atoms with Crippen LogP contribution in [-0.2, 0) is 22.6 Å². The van der Waals surface area contributed by atoms with Gasteiger partial charge in [-0.05, 0) is 49.3 Å². The van der Waals surface area contributed by atoms with E-state index in [4.69, 9.17) is 0 Å². The third-order valence-corrected chi connectivity index (χ3v) is 6.89. The molecule has 0 fully saturated rings. The SMILES string of the molecule is C=C/C=C\C=C(/C)C(CCNC(=O)CCCCCNC(=O)[C@@H]1Cc2ccccc2CN1)c1ccccc1. The molecule has 196 valence electrons. The fourth-order valence-corrected chi connectivity index (χ4v) is 4.75. The van der Waals surface area contributed by atoms with Gasteiger partial charge in [-0.2, -0.15) is 0 Å². The zero-order valence-corrected chi connectivity index (χ0v) is 22.0. The van der Waals surface area contributed by atoms with E-state index in [1.807, 2.05) is 30.4 Å². The lowest BCUT2D eigenvalue weighted by molar-refractivity contribution is -0.123. The number of fused-ring (bicyclic) bond motifs is 1. The summed E-state index contributed by atoms with van der Waals surface area (Å²) in [4.78, 5) is 24.9. The summed E-state index contributed by atoms with van der Waals surface area (Å²) in [7, 11) is 0. The maximum Gasteiger partial charge on any atom is 0.237 e. The first kappa shape index (κ1) is 28.1. The predicted octanol–water partition coefficient (Wildman–Crippen LogP) is 5.36. The van der Waals surface area contributed by atoms with Crippen LogP contribution < -0.4 is 16.0 Å². The van der Waals surface area contributed by atoms with E-state index < -0.39 is 0 Å². The Morgan fingerprint density at radius 1 is 0.973 bits per heavy atom. The molecule has 0 saturated heterocycles. The molecule has 0 aromatic heterocycles. The van der Waals surface area contributed by atoms with Gasteiger partial charge in [0.25, 0.3) is 0 Å². The molecule has 5 heteroatoms. The van der Waals surface area contributed by atoms with Crippen LogP contribution in [0.2, 0.25) is 0 Å². The minimum absolute atomic E-state index is 0.0598. The number of allylic oxidation sites excluding steroid dienone is 5. The van der Waals surface area contributed by atoms with Crippen LogP contribution in [0.3, 0.4) is 0 Å². The third-order valence-electron chi connectivity index (χ3n) is 6.89. The molecule has 1 aliphatic rings. The highest BCUT2D eigenvalue weighted by Gasteiger charge is 2.23. The number of unbranched alkanes of at least 4 members (excludes halogenated alkanes) is 2. The number of rotatable bonds is 14. The van der Waals surface area contributed by atoms with Crippen molar-refractivity contribution in [2.45, 2.75) is 64.0 Å². The molecule has 0 aliphatic carbocycles. The molecule has 2 aromatic rings. The standard InChI is InChI=1S/C32H41N3O2/c1-3-4-7-14-25(2)29(26-15-8-5-9-16-26)20-22-33-31(36)19-10-6-13-21-34-32(37)30-23-27-17-11-12-18-28(27)24-35-30/h3-5,7-9,11-12,14-18,29-30,35H,1,6,10,13,19-24H2,2H3,(H,33,36)(H,34,37)/b7-4-,25-14+/t29?,30-/m0/s1. The summed E-state index contributed by atoms with van der Waals surface area (Å²) in [5.74, 6) is 0.408. The Morgan fingerprint density at radius 3 is 2.51 bits per heavy atom. The van der Waals surface area contributed by atoms with Crippen LogP contribution in [0, 0.1) is 0 Å². The van der Waals surface area contributed by atoms with Crippen molar-refractivity contribution in [2.24, 2.45) is 0 Å². The lowest BCUT2D eigenvalue weighted by atomic mass is 9.88. The number of hydrogen-bond donors (Lipinski definition) is 3. The number of carbonyl (C=O) groups is 2. The van der Waals surface area contributed by atoms with Crippen LogP contribution in [0.25, 0.3) is 0 Å². The van der Waals surface area contributed by atoms with Crippen molar-refractivity contribution in [1.29, 1.82) is 0 Å². The molecule has 0 saturated carbocycles. The Kier molecular flexibility index (Phi) is 11.9. The third kappa shape index (κ3) is 9.51. The molecule has 0 radical (unpaired) electrons. The summed E-state index contributed by atoms with van der Waals surface area (Å²) in [5, 5.41) is 9.46. The van der Waals surface area contributed by atoms with E-state index >= 15 is 0 Å². The molecule has 0 spiro atoms. The zero-order valence-electron chi connectivity index (χ0n) is 22.0. The number of nitrogens with one attached hydrogen (secondary N) is 3. The van der Waals surface area contributed by atoms with Crippen LogP contribution in [0.15, 0.2) is 91.1 Å². The topological polar surface area (TPSA) is 70.2 Å². The van der Waals surface area contributed by atoms with Gasteiger partial charge in [0.05, 0.1) is 6.04 Å². The normalized spacial score (nSPS) is 16.1. The smallest absolute Gasteiger partial charge is 0.237 e. The highest BCUT2D eigenvalue weighted by Crippen LogP contribution is 2.27. The van der Waals surface area contributed by atoms with Gasteiger partial charge in [-0.3, -0.25) is 9.59 Å². The molecule has 3 N–H and O–H groups in total. The maximum atomic E-state index is 12.5. The van der Waals surface area contributed by atoms with Crippen molar-refractivity contribution < 1.29 is 9.59 Å². The molecule has 2 atom stereocenters. The van der Waals surface area contributed by atoms with E-state index in [1.165, 1.54) is 22.3 Å². The van der Waals surface area contributed by atoms with Gasteiger partial charge in [0.1, 0.15) is 0 Å². The summed E-state index contributed by atoms with van der Waals surface area (Å²) in [6, 6.07) is 18.5. The Labute approximate surface area is 222 Å². The number of carbonyl (C=O) groups excluding carboxylic acids is 2. The Morgan fingerprint density at radius 2 is 1.73 bits per heavy atom.